The van der Waals surface area contributed by atoms with Crippen LogP contribution in [0.1, 0.15) is 18.7 Å². The van der Waals surface area contributed by atoms with E-state index in [9.17, 15) is 4.79 Å². The summed E-state index contributed by atoms with van der Waals surface area (Å²) in [4.78, 5) is 14.9. The minimum atomic E-state index is 0.102. The lowest BCUT2D eigenvalue weighted by Gasteiger charge is -2.22. The monoisotopic (exact) mass is 196 g/mol. The molecule has 76 valence electrons. The molecule has 0 spiro atoms. The maximum absolute atomic E-state index is 10.9. The van der Waals surface area contributed by atoms with Crippen LogP contribution in [0.5, 0.6) is 0 Å². The number of piperidine rings is 1. The van der Waals surface area contributed by atoms with Gasteiger partial charge < -0.3 is 15.2 Å². The van der Waals surface area contributed by atoms with Gasteiger partial charge in [-0.3, -0.25) is 4.79 Å². The first-order chi connectivity index (χ1) is 6.74. The van der Waals surface area contributed by atoms with Crippen molar-refractivity contribution in [3.63, 3.8) is 0 Å². The Kier molecular flexibility index (Phi) is 2.34. The highest BCUT2D eigenvalue weighted by Crippen LogP contribution is 2.10. The van der Waals surface area contributed by atoms with Crippen LogP contribution in [0.15, 0.2) is 4.52 Å². The fraction of sp³-hybridized carbons (Fsp3) is 0.625. The lowest BCUT2D eigenvalue weighted by molar-refractivity contribution is -0.122. The van der Waals surface area contributed by atoms with E-state index in [4.69, 9.17) is 4.52 Å². The van der Waals surface area contributed by atoms with Gasteiger partial charge in [0.15, 0.2) is 5.82 Å². The summed E-state index contributed by atoms with van der Waals surface area (Å²) in [7, 11) is 0. The van der Waals surface area contributed by atoms with Crippen LogP contribution in [0.4, 0.5) is 6.01 Å². The number of aryl methyl sites for hydroxylation is 1. The standard InChI is InChI=1S/C8H12N4O2/c1-5-10-8(14-12-5)11-6-2-3-7(13)9-4-6/h6H,2-4H2,1H3,(H,9,13)(H,10,11,12). The number of carbonyl (C=O) groups is 1. The molecule has 0 aliphatic carbocycles. The molecule has 6 nitrogen and oxygen atoms in total. The molecule has 0 bridgehead atoms. The first-order valence-corrected chi connectivity index (χ1v) is 4.57. The van der Waals surface area contributed by atoms with Gasteiger partial charge in [-0.25, -0.2) is 0 Å². The molecule has 2 rings (SSSR count). The number of hydrogen-bond acceptors (Lipinski definition) is 5. The molecule has 1 atom stereocenters. The van der Waals surface area contributed by atoms with Gasteiger partial charge in [0.05, 0.1) is 0 Å². The molecule has 1 amide bonds. The highest BCUT2D eigenvalue weighted by atomic mass is 16.5. The van der Waals surface area contributed by atoms with Gasteiger partial charge in [0, 0.05) is 19.0 Å². The van der Waals surface area contributed by atoms with Crippen LogP contribution in [0.2, 0.25) is 0 Å². The first kappa shape index (κ1) is 8.98. The fourth-order valence-electron chi connectivity index (χ4n) is 1.39. The molecule has 0 aromatic carbocycles. The van der Waals surface area contributed by atoms with Crippen molar-refractivity contribution in [2.24, 2.45) is 0 Å². The van der Waals surface area contributed by atoms with Gasteiger partial charge in [0.1, 0.15) is 0 Å². The Labute approximate surface area is 81.1 Å². The minimum Gasteiger partial charge on any atom is -0.354 e. The summed E-state index contributed by atoms with van der Waals surface area (Å²) in [5, 5.41) is 9.50. The Bertz CT molecular complexity index is 326. The minimum absolute atomic E-state index is 0.102. The van der Waals surface area contributed by atoms with Crippen molar-refractivity contribution < 1.29 is 9.32 Å². The topological polar surface area (TPSA) is 80.0 Å². The van der Waals surface area contributed by atoms with Crippen molar-refractivity contribution in [2.75, 3.05) is 11.9 Å². The van der Waals surface area contributed by atoms with E-state index in [2.05, 4.69) is 20.8 Å². The first-order valence-electron chi connectivity index (χ1n) is 4.57. The molecule has 14 heavy (non-hydrogen) atoms. The van der Waals surface area contributed by atoms with Crippen LogP contribution in [-0.2, 0) is 4.79 Å². The van der Waals surface area contributed by atoms with E-state index in [-0.39, 0.29) is 11.9 Å². The quantitative estimate of drug-likeness (QED) is 0.699. The van der Waals surface area contributed by atoms with Crippen LogP contribution < -0.4 is 10.6 Å². The molecule has 1 saturated heterocycles. The van der Waals surface area contributed by atoms with Crippen LogP contribution in [0, 0.1) is 6.92 Å². The SMILES string of the molecule is Cc1noc(NC2CCC(=O)NC2)n1. The highest BCUT2D eigenvalue weighted by Gasteiger charge is 2.19. The van der Waals surface area contributed by atoms with E-state index in [1.807, 2.05) is 0 Å². The second-order valence-electron chi connectivity index (χ2n) is 3.33. The maximum Gasteiger partial charge on any atom is 0.321 e. The van der Waals surface area contributed by atoms with Crippen molar-refractivity contribution in [1.82, 2.24) is 15.5 Å². The van der Waals surface area contributed by atoms with Crippen molar-refractivity contribution >= 4 is 11.9 Å². The Hall–Kier alpha value is -1.59. The van der Waals surface area contributed by atoms with Crippen LogP contribution in [0.25, 0.3) is 0 Å². The number of amides is 1. The number of aromatic nitrogens is 2. The fourth-order valence-corrected chi connectivity index (χ4v) is 1.39. The average Bonchev–Trinajstić information content (AvgIpc) is 2.56. The van der Waals surface area contributed by atoms with Gasteiger partial charge in [-0.2, -0.15) is 4.98 Å². The third kappa shape index (κ3) is 2.01. The molecule has 1 aliphatic heterocycles. The molecule has 2 N–H and O–H groups in total. The second-order valence-corrected chi connectivity index (χ2v) is 3.33. The average molecular weight is 196 g/mol. The lowest BCUT2D eigenvalue weighted by atomic mass is 10.1. The van der Waals surface area contributed by atoms with Crippen molar-refractivity contribution in [1.29, 1.82) is 0 Å². The summed E-state index contributed by atoms with van der Waals surface area (Å²) in [5.41, 5.74) is 0. The van der Waals surface area contributed by atoms with Gasteiger partial charge in [-0.1, -0.05) is 5.16 Å². The summed E-state index contributed by atoms with van der Waals surface area (Å²) in [6.07, 6.45) is 1.35. The second kappa shape index (κ2) is 3.65. The smallest absolute Gasteiger partial charge is 0.321 e. The number of rotatable bonds is 2. The Morgan fingerprint density at radius 2 is 2.50 bits per heavy atom. The van der Waals surface area contributed by atoms with E-state index in [1.54, 1.807) is 6.92 Å². The van der Waals surface area contributed by atoms with E-state index in [1.165, 1.54) is 0 Å². The number of anilines is 1. The van der Waals surface area contributed by atoms with Crippen LogP contribution >= 0.6 is 0 Å². The number of carbonyl (C=O) groups excluding carboxylic acids is 1. The molecule has 1 unspecified atom stereocenters. The van der Waals surface area contributed by atoms with Crippen molar-refractivity contribution in [2.45, 2.75) is 25.8 Å². The number of nitrogens with zero attached hydrogens (tertiary/aromatic N) is 2. The summed E-state index contributed by atoms with van der Waals surface area (Å²) in [5.74, 6) is 0.706. The number of hydrogen-bond donors (Lipinski definition) is 2. The molecular formula is C8H12N4O2. The number of nitrogens with one attached hydrogen (secondary N) is 2. The Balaban J connectivity index is 1.89. The highest BCUT2D eigenvalue weighted by molar-refractivity contribution is 5.76. The molecule has 0 saturated carbocycles. The van der Waals surface area contributed by atoms with Crippen molar-refractivity contribution in [3.8, 4) is 0 Å². The maximum atomic E-state index is 10.9. The Morgan fingerprint density at radius 1 is 1.64 bits per heavy atom. The molecule has 1 aromatic heterocycles. The molecule has 1 aromatic rings. The van der Waals surface area contributed by atoms with E-state index >= 15 is 0 Å². The van der Waals surface area contributed by atoms with Crippen molar-refractivity contribution in [3.05, 3.63) is 5.82 Å². The van der Waals surface area contributed by atoms with Gasteiger partial charge in [0.2, 0.25) is 5.91 Å². The summed E-state index contributed by atoms with van der Waals surface area (Å²) in [6.45, 7) is 2.37. The van der Waals surface area contributed by atoms with Gasteiger partial charge in [0.25, 0.3) is 0 Å². The molecular weight excluding hydrogens is 184 g/mol. The van der Waals surface area contributed by atoms with Gasteiger partial charge in [-0.05, 0) is 13.3 Å². The largest absolute Gasteiger partial charge is 0.354 e. The predicted molar refractivity (Wildman–Crippen MR) is 48.7 cm³/mol. The van der Waals surface area contributed by atoms with Crippen LogP contribution in [0.3, 0.4) is 0 Å². The molecule has 2 heterocycles. The van der Waals surface area contributed by atoms with Crippen LogP contribution in [-0.4, -0.2) is 28.6 Å². The summed E-state index contributed by atoms with van der Waals surface area (Å²) < 4.78 is 4.91. The van der Waals surface area contributed by atoms with E-state index < -0.39 is 0 Å². The molecule has 0 radical (unpaired) electrons. The van der Waals surface area contributed by atoms with Gasteiger partial charge >= 0.3 is 6.01 Å². The van der Waals surface area contributed by atoms with Gasteiger partial charge in [-0.15, -0.1) is 0 Å². The summed E-state index contributed by atoms with van der Waals surface area (Å²) >= 11 is 0. The Morgan fingerprint density at radius 3 is 3.07 bits per heavy atom. The van der Waals surface area contributed by atoms with E-state index in [0.717, 1.165) is 6.42 Å². The normalized spacial score (nSPS) is 21.8. The molecule has 1 fully saturated rings. The third-order valence-electron chi connectivity index (χ3n) is 2.12. The molecule has 1 aliphatic rings. The molecule has 6 heteroatoms. The zero-order chi connectivity index (χ0) is 9.97. The third-order valence-corrected chi connectivity index (χ3v) is 2.12. The van der Waals surface area contributed by atoms with E-state index in [0.29, 0.717) is 24.8 Å². The summed E-state index contributed by atoms with van der Waals surface area (Å²) in [6, 6.07) is 0.608. The lowest BCUT2D eigenvalue weighted by Crippen LogP contribution is -2.41. The predicted octanol–water partition coefficient (Wildman–Crippen LogP) is 0.0685. The zero-order valence-corrected chi connectivity index (χ0v) is 7.91. The zero-order valence-electron chi connectivity index (χ0n) is 7.91.